The van der Waals surface area contributed by atoms with E-state index in [1.807, 2.05) is 0 Å². The van der Waals surface area contributed by atoms with Crippen molar-refractivity contribution in [1.82, 2.24) is 4.40 Å². The molecule has 4 fully saturated rings. The molecule has 4 aliphatic carbocycles. The highest BCUT2D eigenvalue weighted by molar-refractivity contribution is 6.28. The van der Waals surface area contributed by atoms with Gasteiger partial charge in [0.1, 0.15) is 7.05 Å². The van der Waals surface area contributed by atoms with E-state index in [0.717, 1.165) is 17.8 Å². The first-order valence-electron chi connectivity index (χ1n) is 14.8. The summed E-state index contributed by atoms with van der Waals surface area (Å²) in [5, 5.41) is 7.34. The molecule has 6 aromatic rings. The number of rotatable bonds is 1. The highest BCUT2D eigenvalue weighted by atomic mass is 15.0. The number of aryl methyl sites for hydroxylation is 5. The lowest BCUT2D eigenvalue weighted by atomic mass is 9.47. The molecule has 4 aliphatic rings. The molecule has 3 aromatic heterocycles. The third-order valence-electron chi connectivity index (χ3n) is 11.4. The third kappa shape index (κ3) is 2.49. The van der Waals surface area contributed by atoms with Gasteiger partial charge < -0.3 is 4.40 Å². The molecule has 0 amide bonds. The molecule has 0 unspecified atom stereocenters. The van der Waals surface area contributed by atoms with Crippen LogP contribution in [0.3, 0.4) is 0 Å². The number of pyridine rings is 2. The maximum absolute atomic E-state index is 2.68. The quantitative estimate of drug-likeness (QED) is 0.122. The summed E-state index contributed by atoms with van der Waals surface area (Å²) in [6.07, 6.45) is 11.0. The maximum Gasteiger partial charge on any atom is 0.224 e. The molecule has 4 bridgehead atoms. The van der Waals surface area contributed by atoms with Gasteiger partial charge in [-0.15, -0.1) is 0 Å². The normalized spacial score (nSPS) is 26.8. The van der Waals surface area contributed by atoms with E-state index in [1.165, 1.54) is 104 Å². The highest BCUT2D eigenvalue weighted by Gasteiger charge is 2.52. The fraction of sp³-hybridized carbons (Fsp3) is 0.417. The van der Waals surface area contributed by atoms with Crippen LogP contribution in [0.5, 0.6) is 0 Å². The van der Waals surface area contributed by atoms with Gasteiger partial charge >= 0.3 is 0 Å². The highest BCUT2D eigenvalue weighted by Crippen LogP contribution is 2.62. The second kappa shape index (κ2) is 6.89. The Labute approximate surface area is 224 Å². The summed E-state index contributed by atoms with van der Waals surface area (Å²) in [6.45, 7) is 9.20. The van der Waals surface area contributed by atoms with Crippen molar-refractivity contribution in [2.24, 2.45) is 24.8 Å². The predicted molar refractivity (Wildman–Crippen MR) is 159 cm³/mol. The molecule has 0 spiro atoms. The Morgan fingerprint density at radius 3 is 2.18 bits per heavy atom. The van der Waals surface area contributed by atoms with Crippen molar-refractivity contribution in [2.75, 3.05) is 0 Å². The second-order valence-corrected chi connectivity index (χ2v) is 13.8. The van der Waals surface area contributed by atoms with Gasteiger partial charge in [0.05, 0.1) is 27.3 Å². The fourth-order valence-corrected chi connectivity index (χ4v) is 10.2. The van der Waals surface area contributed by atoms with Gasteiger partial charge in [0, 0.05) is 16.8 Å². The van der Waals surface area contributed by atoms with Gasteiger partial charge in [-0.2, -0.15) is 0 Å². The summed E-state index contributed by atoms with van der Waals surface area (Å²) in [4.78, 5) is 0. The van der Waals surface area contributed by atoms with Gasteiger partial charge in [0.25, 0.3) is 0 Å². The van der Waals surface area contributed by atoms with Crippen molar-refractivity contribution in [3.8, 4) is 0 Å². The topological polar surface area (TPSA) is 8.29 Å². The number of hydrogen-bond donors (Lipinski definition) is 0. The first-order chi connectivity index (χ1) is 18.3. The van der Waals surface area contributed by atoms with E-state index in [2.05, 4.69) is 86.3 Å². The van der Waals surface area contributed by atoms with Crippen molar-refractivity contribution in [2.45, 2.75) is 71.6 Å². The Morgan fingerprint density at radius 1 is 0.763 bits per heavy atom. The van der Waals surface area contributed by atoms with E-state index in [1.54, 1.807) is 10.9 Å². The Kier molecular flexibility index (Phi) is 3.95. The minimum Gasteiger partial charge on any atom is -0.307 e. The van der Waals surface area contributed by atoms with E-state index >= 15 is 0 Å². The Balaban J connectivity index is 1.58. The molecule has 190 valence electrons. The first kappa shape index (κ1) is 21.8. The summed E-state index contributed by atoms with van der Waals surface area (Å²) >= 11 is 0. The van der Waals surface area contributed by atoms with Crippen LogP contribution in [-0.2, 0) is 12.5 Å². The second-order valence-electron chi connectivity index (χ2n) is 13.8. The Hall–Kier alpha value is -3.13. The summed E-state index contributed by atoms with van der Waals surface area (Å²) < 4.78 is 5.07. The summed E-state index contributed by atoms with van der Waals surface area (Å²) in [5.74, 6) is 2.81. The lowest BCUT2D eigenvalue weighted by Crippen LogP contribution is -2.48. The van der Waals surface area contributed by atoms with Gasteiger partial charge in [-0.25, -0.2) is 4.57 Å². The number of nitrogens with zero attached hydrogens (tertiary/aromatic N) is 2. The summed E-state index contributed by atoms with van der Waals surface area (Å²) in [5.41, 5.74) is 13.2. The van der Waals surface area contributed by atoms with E-state index in [-0.39, 0.29) is 0 Å². The van der Waals surface area contributed by atoms with Gasteiger partial charge in [0.2, 0.25) is 5.52 Å². The van der Waals surface area contributed by atoms with Gasteiger partial charge in [-0.1, -0.05) is 17.7 Å². The molecule has 3 aromatic carbocycles. The molecule has 0 saturated heterocycles. The molecule has 38 heavy (non-hydrogen) atoms. The molecule has 0 radical (unpaired) electrons. The molecule has 2 heteroatoms. The first-order valence-corrected chi connectivity index (χ1v) is 14.8. The van der Waals surface area contributed by atoms with Crippen LogP contribution in [0.1, 0.15) is 66.3 Å². The van der Waals surface area contributed by atoms with Crippen LogP contribution in [0.25, 0.3) is 49.0 Å². The summed E-state index contributed by atoms with van der Waals surface area (Å²) in [7, 11) is 2.25. The van der Waals surface area contributed by atoms with E-state index in [0.29, 0.717) is 5.41 Å². The van der Waals surface area contributed by atoms with E-state index in [4.69, 9.17) is 0 Å². The smallest absolute Gasteiger partial charge is 0.224 e. The SMILES string of the molecule is Cc1ccc2c(c1)c1c(C34CC5CC(CC(C5)C3)C4)cc3cc[n+](C)c4c5c(C)c(C)cc(C)c5n2c1c34. The van der Waals surface area contributed by atoms with Crippen LogP contribution in [0.2, 0.25) is 0 Å². The number of hydrogen-bond acceptors (Lipinski definition) is 0. The molecular formula is C36H37N2+. The number of aromatic nitrogens is 2. The predicted octanol–water partition coefficient (Wildman–Crippen LogP) is 8.52. The van der Waals surface area contributed by atoms with Crippen molar-refractivity contribution < 1.29 is 4.57 Å². The third-order valence-corrected chi connectivity index (χ3v) is 11.4. The lowest BCUT2D eigenvalue weighted by molar-refractivity contribution is -0.643. The van der Waals surface area contributed by atoms with Crippen molar-refractivity contribution >= 4 is 49.0 Å². The molecule has 0 N–H and O–H groups in total. The molecule has 2 nitrogen and oxygen atoms in total. The monoisotopic (exact) mass is 497 g/mol. The average molecular weight is 498 g/mol. The standard InChI is InChI=1S/C36H37N2/c1-19-6-7-29-27(10-19)32-28(36-16-23-12-24(17-36)14-25(13-23)18-36)15-26-8-9-37(5)34-30-22(4)20(2)11-21(3)33(30)38(29)35(32)31(26)34/h6-11,15,23-25H,12-14,16-18H2,1-5H3/q+1. The van der Waals surface area contributed by atoms with Crippen LogP contribution >= 0.6 is 0 Å². The Bertz CT molecular complexity index is 1970. The molecule has 4 saturated carbocycles. The number of fused-ring (bicyclic) bond motifs is 6. The zero-order valence-electron chi connectivity index (χ0n) is 23.4. The summed E-state index contributed by atoms with van der Waals surface area (Å²) in [6, 6.07) is 14.7. The number of benzene rings is 3. The maximum atomic E-state index is 2.68. The van der Waals surface area contributed by atoms with Crippen LogP contribution in [-0.4, -0.2) is 4.40 Å². The minimum absolute atomic E-state index is 0.350. The van der Waals surface area contributed by atoms with Gasteiger partial charge in [0.15, 0.2) is 6.20 Å². The minimum atomic E-state index is 0.350. The van der Waals surface area contributed by atoms with Crippen LogP contribution in [0.15, 0.2) is 42.6 Å². The average Bonchev–Trinajstić information content (AvgIpc) is 3.20. The Morgan fingerprint density at radius 2 is 1.47 bits per heavy atom. The molecule has 0 aliphatic heterocycles. The van der Waals surface area contributed by atoms with E-state index in [9.17, 15) is 0 Å². The van der Waals surface area contributed by atoms with Crippen LogP contribution in [0, 0.1) is 45.4 Å². The van der Waals surface area contributed by atoms with Gasteiger partial charge in [-0.05, 0) is 135 Å². The van der Waals surface area contributed by atoms with Gasteiger partial charge in [-0.3, -0.25) is 0 Å². The van der Waals surface area contributed by atoms with Crippen molar-refractivity contribution in [3.63, 3.8) is 0 Å². The van der Waals surface area contributed by atoms with Crippen LogP contribution < -0.4 is 4.57 Å². The van der Waals surface area contributed by atoms with Crippen LogP contribution in [0.4, 0.5) is 0 Å². The molecular weight excluding hydrogens is 460 g/mol. The molecule has 3 heterocycles. The van der Waals surface area contributed by atoms with Crippen molar-refractivity contribution in [3.05, 3.63) is 70.4 Å². The zero-order valence-corrected chi connectivity index (χ0v) is 23.4. The van der Waals surface area contributed by atoms with E-state index < -0.39 is 0 Å². The fourth-order valence-electron chi connectivity index (χ4n) is 10.2. The largest absolute Gasteiger partial charge is 0.307 e. The van der Waals surface area contributed by atoms with Crippen molar-refractivity contribution in [1.29, 1.82) is 0 Å². The lowest BCUT2D eigenvalue weighted by Gasteiger charge is -2.57. The zero-order chi connectivity index (χ0) is 25.7. The molecule has 0 atom stereocenters. The molecule has 10 rings (SSSR count).